The summed E-state index contributed by atoms with van der Waals surface area (Å²) in [5.74, 6) is 0. The number of hydrogen-bond acceptors (Lipinski definition) is 3. The van der Waals surface area contributed by atoms with Crippen molar-refractivity contribution in [3.63, 3.8) is 0 Å². The van der Waals surface area contributed by atoms with E-state index in [-0.39, 0.29) is 40.9 Å². The van der Waals surface area contributed by atoms with Crippen molar-refractivity contribution in [2.75, 3.05) is 0 Å². The molecule has 0 bridgehead atoms. The average Bonchev–Trinajstić information content (AvgIpc) is 2.24. The maximum Gasteiger partial charge on any atom is 0.222 e. The number of hydrogen-bond donors (Lipinski definition) is 0. The van der Waals surface area contributed by atoms with E-state index < -0.39 is 11.5 Å². The molecule has 0 aliphatic carbocycles. The van der Waals surface area contributed by atoms with Crippen LogP contribution in [-0.4, -0.2) is 14.9 Å². The lowest BCUT2D eigenvalue weighted by Crippen LogP contribution is -2.41. The first kappa shape index (κ1) is 5.78. The van der Waals surface area contributed by atoms with E-state index in [2.05, 4.69) is 4.40 Å². The lowest BCUT2D eigenvalue weighted by molar-refractivity contribution is 0.463. The minimum Gasteiger partial charge on any atom is -0.566 e. The molecule has 4 heteroatoms. The van der Waals surface area contributed by atoms with Crippen molar-refractivity contribution in [3.8, 4) is 0 Å². The smallest absolute Gasteiger partial charge is 0.222 e. The lowest BCUT2D eigenvalue weighted by atomic mass is 10.3. The summed E-state index contributed by atoms with van der Waals surface area (Å²) in [4.78, 5) is 0. The normalized spacial score (nSPS) is 24.7. The van der Waals surface area contributed by atoms with E-state index in [4.69, 9.17) is 5.48 Å². The standard InChI is InChI=1S/C10H12N2OS/c1-8(2)12-7-9-5-3-4-6-10(9)11-14(12)13/h3-8H,1-2H3/i3D,4D,5D,7D. The zero-order valence-electron chi connectivity index (χ0n) is 11.9. The predicted octanol–water partition coefficient (Wildman–Crippen LogP) is 0.347. The highest BCUT2D eigenvalue weighted by molar-refractivity contribution is 7.87. The van der Waals surface area contributed by atoms with Crippen LogP contribution in [0.4, 0.5) is 0 Å². The summed E-state index contributed by atoms with van der Waals surface area (Å²) in [7, 11) is 0. The van der Waals surface area contributed by atoms with Crippen LogP contribution in [0.25, 0.3) is 6.18 Å². The van der Waals surface area contributed by atoms with Crippen LogP contribution in [0.2, 0.25) is 0 Å². The largest absolute Gasteiger partial charge is 0.566 e. The maximum atomic E-state index is 11.9. The summed E-state index contributed by atoms with van der Waals surface area (Å²) >= 11 is -1.72. The zero-order valence-corrected chi connectivity index (χ0v) is 8.68. The molecule has 1 aliphatic heterocycles. The summed E-state index contributed by atoms with van der Waals surface area (Å²) in [6.07, 6.45) is -0.0770. The number of benzene rings is 1. The molecule has 0 amide bonds. The first-order valence-corrected chi connectivity index (χ1v) is 5.28. The molecule has 0 fully saturated rings. The Bertz CT molecular complexity index is 619. The molecule has 1 atom stereocenters. The molecule has 1 unspecified atom stereocenters. The second kappa shape index (κ2) is 3.63. The molecule has 0 N–H and O–H groups in total. The van der Waals surface area contributed by atoms with Crippen LogP contribution in [0.5, 0.6) is 0 Å². The van der Waals surface area contributed by atoms with Crippen molar-refractivity contribution in [2.24, 2.45) is 4.40 Å². The van der Waals surface area contributed by atoms with Crippen LogP contribution in [0.15, 0.2) is 28.6 Å². The Hall–Kier alpha value is -1.00. The van der Waals surface area contributed by atoms with E-state index in [1.54, 1.807) is 13.8 Å². The lowest BCUT2D eigenvalue weighted by Gasteiger charge is -2.23. The van der Waals surface area contributed by atoms with Gasteiger partial charge in [-0.3, -0.25) is 0 Å². The summed E-state index contributed by atoms with van der Waals surface area (Å²) in [5, 5.41) is 0.352. The van der Waals surface area contributed by atoms with Crippen LogP contribution < -0.4 is 10.6 Å². The summed E-state index contributed by atoms with van der Waals surface area (Å²) in [6, 6.07) is 0.475. The van der Waals surface area contributed by atoms with Crippen molar-refractivity contribution >= 4 is 17.7 Å². The SMILES string of the molecule is [2H]C1=c2c([2H])c([2H])c([2H])cc2=N[S+]([O-])N1C(C)C. The van der Waals surface area contributed by atoms with Crippen molar-refractivity contribution in [1.29, 1.82) is 0 Å². The van der Waals surface area contributed by atoms with Crippen LogP contribution in [0.3, 0.4) is 0 Å². The van der Waals surface area contributed by atoms with Gasteiger partial charge in [-0.15, -0.1) is 0 Å². The van der Waals surface area contributed by atoms with Gasteiger partial charge < -0.3 is 4.55 Å². The molecule has 2 rings (SSSR count). The van der Waals surface area contributed by atoms with Gasteiger partial charge in [-0.1, -0.05) is 18.1 Å². The molecular formula is C10H12N2OS. The third kappa shape index (κ3) is 1.63. The fourth-order valence-corrected chi connectivity index (χ4v) is 2.01. The molecule has 74 valence electrons. The molecular weight excluding hydrogens is 196 g/mol. The van der Waals surface area contributed by atoms with E-state index in [1.807, 2.05) is 0 Å². The Kier molecular flexibility index (Phi) is 1.50. The third-order valence-electron chi connectivity index (χ3n) is 1.76. The first-order chi connectivity index (χ1) is 8.34. The predicted molar refractivity (Wildman–Crippen MR) is 56.8 cm³/mol. The number of rotatable bonds is 1. The van der Waals surface area contributed by atoms with Gasteiger partial charge in [-0.25, -0.2) is 0 Å². The molecule has 0 radical (unpaired) electrons. The molecule has 3 nitrogen and oxygen atoms in total. The first-order valence-electron chi connectivity index (χ1n) is 6.22. The van der Waals surface area contributed by atoms with Crippen molar-refractivity contribution in [1.82, 2.24) is 4.31 Å². The van der Waals surface area contributed by atoms with E-state index in [1.165, 1.54) is 10.4 Å². The van der Waals surface area contributed by atoms with Gasteiger partial charge in [0, 0.05) is 5.22 Å². The van der Waals surface area contributed by atoms with Gasteiger partial charge in [0.05, 0.1) is 17.7 Å². The van der Waals surface area contributed by atoms with Crippen molar-refractivity contribution in [2.45, 2.75) is 19.9 Å². The highest BCUT2D eigenvalue weighted by Crippen LogP contribution is 2.09. The topological polar surface area (TPSA) is 38.7 Å². The molecule has 1 aromatic rings. The fourth-order valence-electron chi connectivity index (χ4n) is 1.08. The van der Waals surface area contributed by atoms with Gasteiger partial charge in [0.2, 0.25) is 11.5 Å². The Morgan fingerprint density at radius 1 is 1.57 bits per heavy atom. The van der Waals surface area contributed by atoms with Gasteiger partial charge in [0.1, 0.15) is 5.36 Å². The average molecular weight is 212 g/mol. The molecule has 0 spiro atoms. The maximum absolute atomic E-state index is 11.9. The molecule has 1 aliphatic rings. The van der Waals surface area contributed by atoms with Gasteiger partial charge in [0.15, 0.2) is 0 Å². The van der Waals surface area contributed by atoms with E-state index >= 15 is 0 Å². The monoisotopic (exact) mass is 212 g/mol. The third-order valence-corrected chi connectivity index (χ3v) is 2.96. The van der Waals surface area contributed by atoms with Crippen LogP contribution in [0.1, 0.15) is 19.3 Å². The van der Waals surface area contributed by atoms with Crippen LogP contribution in [0, 0.1) is 0 Å². The van der Waals surface area contributed by atoms with Crippen molar-refractivity contribution in [3.05, 3.63) is 34.8 Å². The Balaban J connectivity index is 2.87. The molecule has 1 aromatic carbocycles. The Labute approximate surface area is 91.8 Å². The van der Waals surface area contributed by atoms with Gasteiger partial charge in [-0.05, 0) is 24.3 Å². The van der Waals surface area contributed by atoms with E-state index in [0.29, 0.717) is 0 Å². The summed E-state index contributed by atoms with van der Waals surface area (Å²) in [5.41, 5.74) is 0. The van der Waals surface area contributed by atoms with E-state index in [9.17, 15) is 4.55 Å². The van der Waals surface area contributed by atoms with Crippen LogP contribution in [-0.2, 0) is 11.5 Å². The molecule has 14 heavy (non-hydrogen) atoms. The molecule has 0 aromatic heterocycles. The van der Waals surface area contributed by atoms with E-state index in [0.717, 1.165) is 0 Å². The molecule has 1 heterocycles. The zero-order chi connectivity index (χ0) is 13.6. The van der Waals surface area contributed by atoms with Crippen LogP contribution >= 0.6 is 0 Å². The Morgan fingerprint density at radius 2 is 2.36 bits per heavy atom. The second-order valence-electron chi connectivity index (χ2n) is 3.15. The summed E-state index contributed by atoms with van der Waals surface area (Å²) in [6.45, 7) is 3.55. The summed E-state index contributed by atoms with van der Waals surface area (Å²) < 4.78 is 48.0. The van der Waals surface area contributed by atoms with Crippen molar-refractivity contribution < 1.29 is 10.0 Å². The highest BCUT2D eigenvalue weighted by Gasteiger charge is 2.21. The van der Waals surface area contributed by atoms with Gasteiger partial charge in [0.25, 0.3) is 0 Å². The van der Waals surface area contributed by atoms with Gasteiger partial charge in [-0.2, -0.15) is 4.31 Å². The minimum atomic E-state index is -1.72. The Morgan fingerprint density at radius 3 is 3.07 bits per heavy atom. The highest BCUT2D eigenvalue weighted by atomic mass is 32.2. The molecule has 0 saturated heterocycles. The fraction of sp³-hybridized carbons (Fsp3) is 0.300. The quantitative estimate of drug-likeness (QED) is 0.630. The second-order valence-corrected chi connectivity index (χ2v) is 4.19. The number of fused-ring (bicyclic) bond motifs is 1. The van der Waals surface area contributed by atoms with Gasteiger partial charge >= 0.3 is 0 Å². The minimum absolute atomic E-state index is 0.0770. The molecule has 0 saturated carbocycles. The number of nitrogens with zero attached hydrogens (tertiary/aromatic N) is 2.